The predicted molar refractivity (Wildman–Crippen MR) is 76.0 cm³/mol. The van der Waals surface area contributed by atoms with E-state index in [1.807, 2.05) is 6.26 Å². The Morgan fingerprint density at radius 2 is 2.06 bits per heavy atom. The third-order valence-corrected chi connectivity index (χ3v) is 5.01. The molecule has 0 spiro atoms. The number of sulfonamides is 1. The van der Waals surface area contributed by atoms with Crippen molar-refractivity contribution in [3.63, 3.8) is 0 Å². The number of halogens is 2. The molecule has 0 saturated heterocycles. The minimum Gasteiger partial charge on any atom is -0.392 e. The summed E-state index contributed by atoms with van der Waals surface area (Å²) in [5.74, 6) is 0.657. The first kappa shape index (κ1) is 16.1. The highest BCUT2D eigenvalue weighted by Crippen LogP contribution is 2.29. The molecule has 0 aromatic heterocycles. The Labute approximate surface area is 121 Å². The topological polar surface area (TPSA) is 66.4 Å². The molecule has 0 radical (unpaired) electrons. The summed E-state index contributed by atoms with van der Waals surface area (Å²) in [5.41, 5.74) is 0.286. The van der Waals surface area contributed by atoms with Crippen LogP contribution in [0.3, 0.4) is 0 Å². The molecule has 0 aliphatic carbocycles. The normalized spacial score (nSPS) is 11.8. The number of hydrogen-bond donors (Lipinski definition) is 2. The number of aliphatic hydroxyl groups is 1. The Morgan fingerprint density at radius 3 is 2.61 bits per heavy atom. The van der Waals surface area contributed by atoms with Gasteiger partial charge >= 0.3 is 0 Å². The van der Waals surface area contributed by atoms with Crippen LogP contribution in [0.5, 0.6) is 0 Å². The number of nitrogens with one attached hydrogen (secondary N) is 1. The lowest BCUT2D eigenvalue weighted by Crippen LogP contribution is -2.26. The first-order chi connectivity index (χ1) is 8.42. The van der Waals surface area contributed by atoms with Gasteiger partial charge in [-0.25, -0.2) is 13.1 Å². The average molecular weight is 330 g/mol. The maximum Gasteiger partial charge on any atom is 0.242 e. The van der Waals surface area contributed by atoms with E-state index in [2.05, 4.69) is 4.72 Å². The lowest BCUT2D eigenvalue weighted by Gasteiger charge is -2.11. The van der Waals surface area contributed by atoms with Crippen molar-refractivity contribution in [2.45, 2.75) is 11.5 Å². The van der Waals surface area contributed by atoms with E-state index in [9.17, 15) is 8.42 Å². The molecule has 0 bridgehead atoms. The molecule has 0 atom stereocenters. The summed E-state index contributed by atoms with van der Waals surface area (Å²) in [6.07, 6.45) is 1.88. The van der Waals surface area contributed by atoms with Gasteiger partial charge in [0.15, 0.2) is 0 Å². The zero-order valence-electron chi connectivity index (χ0n) is 9.61. The fraction of sp³-hybridized carbons (Fsp3) is 0.400. The predicted octanol–water partition coefficient (Wildman–Crippen LogP) is 2.13. The molecule has 4 nitrogen and oxygen atoms in total. The molecule has 1 rings (SSSR count). The minimum atomic E-state index is -3.71. The monoisotopic (exact) mass is 329 g/mol. The van der Waals surface area contributed by atoms with Crippen LogP contribution in [0.2, 0.25) is 10.0 Å². The lowest BCUT2D eigenvalue weighted by molar-refractivity contribution is 0.281. The molecule has 0 aliphatic rings. The van der Waals surface area contributed by atoms with Crippen LogP contribution in [0.25, 0.3) is 0 Å². The third-order valence-electron chi connectivity index (χ3n) is 2.14. The van der Waals surface area contributed by atoms with Gasteiger partial charge in [0.25, 0.3) is 0 Å². The second-order valence-corrected chi connectivity index (χ2v) is 6.96. The van der Waals surface area contributed by atoms with E-state index in [1.165, 1.54) is 23.9 Å². The van der Waals surface area contributed by atoms with Gasteiger partial charge in [-0.1, -0.05) is 23.2 Å². The highest BCUT2D eigenvalue weighted by Gasteiger charge is 2.20. The summed E-state index contributed by atoms with van der Waals surface area (Å²) in [5, 5.41) is 9.30. The van der Waals surface area contributed by atoms with E-state index in [1.54, 1.807) is 0 Å². The fourth-order valence-electron chi connectivity index (χ4n) is 1.28. The maximum absolute atomic E-state index is 12.0. The molecule has 1 aromatic carbocycles. The van der Waals surface area contributed by atoms with E-state index < -0.39 is 10.0 Å². The standard InChI is InChI=1S/C10H13Cl2NO3S2/c1-17-3-2-13-18(15,16)9-5-8(11)4-7(6-14)10(9)12/h4-5,13-14H,2-3,6H2,1H3. The van der Waals surface area contributed by atoms with E-state index in [0.29, 0.717) is 12.3 Å². The summed E-state index contributed by atoms with van der Waals surface area (Å²) >= 11 is 13.3. The van der Waals surface area contributed by atoms with Gasteiger partial charge in [-0.2, -0.15) is 11.8 Å². The van der Waals surface area contributed by atoms with Crippen molar-refractivity contribution in [1.29, 1.82) is 0 Å². The summed E-state index contributed by atoms with van der Waals surface area (Å²) < 4.78 is 26.4. The van der Waals surface area contributed by atoms with Gasteiger partial charge in [0.1, 0.15) is 4.90 Å². The zero-order chi connectivity index (χ0) is 13.8. The minimum absolute atomic E-state index is 0.00134. The molecule has 2 N–H and O–H groups in total. The Hall–Kier alpha value is 0.0200. The molecule has 0 heterocycles. The van der Waals surface area contributed by atoms with E-state index in [0.717, 1.165) is 0 Å². The Balaban J connectivity index is 3.12. The van der Waals surface area contributed by atoms with Crippen molar-refractivity contribution in [2.24, 2.45) is 0 Å². The van der Waals surface area contributed by atoms with Gasteiger partial charge in [-0.15, -0.1) is 0 Å². The van der Waals surface area contributed by atoms with Crippen molar-refractivity contribution in [2.75, 3.05) is 18.6 Å². The smallest absolute Gasteiger partial charge is 0.242 e. The SMILES string of the molecule is CSCCNS(=O)(=O)c1cc(Cl)cc(CO)c1Cl. The molecular weight excluding hydrogens is 317 g/mol. The molecule has 0 fully saturated rings. The van der Waals surface area contributed by atoms with Crippen molar-refractivity contribution in [1.82, 2.24) is 4.72 Å². The third kappa shape index (κ3) is 4.01. The number of hydrogen-bond acceptors (Lipinski definition) is 4. The van der Waals surface area contributed by atoms with Crippen LogP contribution in [0.1, 0.15) is 5.56 Å². The lowest BCUT2D eigenvalue weighted by atomic mass is 10.2. The quantitative estimate of drug-likeness (QED) is 0.784. The highest BCUT2D eigenvalue weighted by atomic mass is 35.5. The van der Waals surface area contributed by atoms with Crippen LogP contribution in [0.15, 0.2) is 17.0 Å². The van der Waals surface area contributed by atoms with Crippen molar-refractivity contribution >= 4 is 45.0 Å². The average Bonchev–Trinajstić information content (AvgIpc) is 2.31. The summed E-state index contributed by atoms with van der Waals surface area (Å²) in [6, 6.07) is 2.70. The number of benzene rings is 1. The Bertz CT molecular complexity index is 520. The first-order valence-corrected chi connectivity index (χ1v) is 8.63. The van der Waals surface area contributed by atoms with Crippen molar-refractivity contribution in [3.8, 4) is 0 Å². The van der Waals surface area contributed by atoms with Gasteiger partial charge < -0.3 is 5.11 Å². The molecular formula is C10H13Cl2NO3S2. The Kier molecular flexibility index (Phi) is 6.23. The van der Waals surface area contributed by atoms with Crippen LogP contribution < -0.4 is 4.72 Å². The van der Waals surface area contributed by atoms with Crippen molar-refractivity contribution in [3.05, 3.63) is 27.7 Å². The summed E-state index contributed by atoms with van der Waals surface area (Å²) in [6.45, 7) is -0.0620. The number of rotatable bonds is 6. The van der Waals surface area contributed by atoms with Gasteiger partial charge in [0.05, 0.1) is 11.6 Å². The van der Waals surface area contributed by atoms with Gasteiger partial charge in [-0.05, 0) is 24.0 Å². The highest BCUT2D eigenvalue weighted by molar-refractivity contribution is 7.98. The zero-order valence-corrected chi connectivity index (χ0v) is 12.8. The number of thioether (sulfide) groups is 1. The maximum atomic E-state index is 12.0. The van der Waals surface area contributed by atoms with Crippen LogP contribution in [0.4, 0.5) is 0 Å². The molecule has 0 unspecified atom stereocenters. The fourth-order valence-corrected chi connectivity index (χ4v) is 3.67. The largest absolute Gasteiger partial charge is 0.392 e. The van der Waals surface area contributed by atoms with Crippen molar-refractivity contribution < 1.29 is 13.5 Å². The van der Waals surface area contributed by atoms with Crippen LogP contribution >= 0.6 is 35.0 Å². The Morgan fingerprint density at radius 1 is 1.39 bits per heavy atom. The number of aliphatic hydroxyl groups excluding tert-OH is 1. The molecule has 0 aliphatic heterocycles. The molecule has 0 saturated carbocycles. The molecule has 102 valence electrons. The van der Waals surface area contributed by atoms with E-state index >= 15 is 0 Å². The van der Waals surface area contributed by atoms with Crippen LogP contribution in [-0.4, -0.2) is 32.1 Å². The van der Waals surface area contributed by atoms with Crippen LogP contribution in [0, 0.1) is 0 Å². The molecule has 1 aromatic rings. The molecule has 8 heteroatoms. The second kappa shape index (κ2) is 6.98. The van der Waals surface area contributed by atoms with Gasteiger partial charge in [0, 0.05) is 17.3 Å². The summed E-state index contributed by atoms with van der Waals surface area (Å²) in [7, 11) is -3.71. The van der Waals surface area contributed by atoms with Crippen LogP contribution in [-0.2, 0) is 16.6 Å². The first-order valence-electron chi connectivity index (χ1n) is 4.99. The van der Waals surface area contributed by atoms with E-state index in [-0.39, 0.29) is 27.1 Å². The summed E-state index contributed by atoms with van der Waals surface area (Å²) in [4.78, 5) is -0.109. The second-order valence-electron chi connectivity index (χ2n) is 3.43. The molecule has 0 amide bonds. The van der Waals surface area contributed by atoms with Gasteiger partial charge in [0.2, 0.25) is 10.0 Å². The van der Waals surface area contributed by atoms with Gasteiger partial charge in [-0.3, -0.25) is 0 Å². The van der Waals surface area contributed by atoms with E-state index in [4.69, 9.17) is 28.3 Å². The molecule has 18 heavy (non-hydrogen) atoms.